The van der Waals surface area contributed by atoms with E-state index >= 15 is 0 Å². The van der Waals surface area contributed by atoms with Gasteiger partial charge in [-0.1, -0.05) is 12.0 Å². The van der Waals surface area contributed by atoms with E-state index in [1.807, 2.05) is 36.7 Å². The van der Waals surface area contributed by atoms with Crippen molar-refractivity contribution >= 4 is 34.3 Å². The predicted octanol–water partition coefficient (Wildman–Crippen LogP) is 3.40. The standard InChI is InChI=1S/C15H12N4S/c1-3-10-5-4-6-11(7-10)19-15-13-12(20-2)8-16-14(13)17-9-18-15/h1,4-9H,2H3,(H2,16,17,18,19). The minimum absolute atomic E-state index is 0.773. The molecule has 0 fully saturated rings. The number of terminal acetylenes is 1. The first-order valence-electron chi connectivity index (χ1n) is 6.01. The van der Waals surface area contributed by atoms with Crippen molar-refractivity contribution in [1.29, 1.82) is 0 Å². The van der Waals surface area contributed by atoms with Gasteiger partial charge in [0.1, 0.15) is 17.8 Å². The average Bonchev–Trinajstić information content (AvgIpc) is 2.92. The Labute approximate surface area is 121 Å². The van der Waals surface area contributed by atoms with Gasteiger partial charge in [-0.3, -0.25) is 0 Å². The van der Waals surface area contributed by atoms with Gasteiger partial charge in [-0.15, -0.1) is 18.2 Å². The number of hydrogen-bond donors (Lipinski definition) is 2. The van der Waals surface area contributed by atoms with Crippen molar-refractivity contribution in [3.05, 3.63) is 42.4 Å². The zero-order valence-electron chi connectivity index (χ0n) is 10.8. The quantitative estimate of drug-likeness (QED) is 0.570. The summed E-state index contributed by atoms with van der Waals surface area (Å²) >= 11 is 1.65. The monoisotopic (exact) mass is 280 g/mol. The lowest BCUT2D eigenvalue weighted by atomic mass is 10.2. The molecule has 0 aliphatic carbocycles. The molecule has 0 unspecified atom stereocenters. The molecule has 0 saturated carbocycles. The summed E-state index contributed by atoms with van der Waals surface area (Å²) in [5.74, 6) is 3.40. The zero-order valence-corrected chi connectivity index (χ0v) is 11.7. The molecule has 0 spiro atoms. The minimum atomic E-state index is 0.773. The third-order valence-corrected chi connectivity index (χ3v) is 3.71. The van der Waals surface area contributed by atoms with Crippen molar-refractivity contribution < 1.29 is 0 Å². The summed E-state index contributed by atoms with van der Waals surface area (Å²) in [7, 11) is 0. The number of rotatable bonds is 3. The number of benzene rings is 1. The number of H-pyrrole nitrogens is 1. The lowest BCUT2D eigenvalue weighted by Gasteiger charge is -2.07. The van der Waals surface area contributed by atoms with Crippen LogP contribution in [0.25, 0.3) is 11.0 Å². The van der Waals surface area contributed by atoms with Gasteiger partial charge in [-0.05, 0) is 24.5 Å². The molecule has 3 aromatic rings. The van der Waals surface area contributed by atoms with E-state index in [9.17, 15) is 0 Å². The van der Waals surface area contributed by atoms with Crippen LogP contribution < -0.4 is 5.32 Å². The van der Waals surface area contributed by atoms with Gasteiger partial charge in [0.25, 0.3) is 0 Å². The van der Waals surface area contributed by atoms with E-state index < -0.39 is 0 Å². The Balaban J connectivity index is 2.06. The molecule has 1 aromatic carbocycles. The van der Waals surface area contributed by atoms with Gasteiger partial charge in [0.15, 0.2) is 0 Å². The lowest BCUT2D eigenvalue weighted by Crippen LogP contribution is -1.95. The van der Waals surface area contributed by atoms with Crippen LogP contribution in [0.4, 0.5) is 11.5 Å². The maximum absolute atomic E-state index is 5.42. The number of hydrogen-bond acceptors (Lipinski definition) is 4. The van der Waals surface area contributed by atoms with Gasteiger partial charge in [0.2, 0.25) is 0 Å². The first-order valence-corrected chi connectivity index (χ1v) is 7.24. The van der Waals surface area contributed by atoms with Gasteiger partial charge in [0, 0.05) is 22.3 Å². The summed E-state index contributed by atoms with van der Waals surface area (Å²) in [4.78, 5) is 12.8. The smallest absolute Gasteiger partial charge is 0.144 e. The van der Waals surface area contributed by atoms with Crippen molar-refractivity contribution in [2.75, 3.05) is 11.6 Å². The fourth-order valence-electron chi connectivity index (χ4n) is 2.01. The van der Waals surface area contributed by atoms with E-state index in [1.54, 1.807) is 11.8 Å². The second kappa shape index (κ2) is 5.27. The maximum Gasteiger partial charge on any atom is 0.144 e. The Hall–Kier alpha value is -2.45. The van der Waals surface area contributed by atoms with Crippen LogP contribution in [0.2, 0.25) is 0 Å². The molecule has 0 amide bonds. The van der Waals surface area contributed by atoms with Gasteiger partial charge in [-0.25, -0.2) is 9.97 Å². The summed E-state index contributed by atoms with van der Waals surface area (Å²) in [6.45, 7) is 0. The Morgan fingerprint density at radius 1 is 1.35 bits per heavy atom. The highest BCUT2D eigenvalue weighted by Crippen LogP contribution is 2.31. The van der Waals surface area contributed by atoms with Crippen molar-refractivity contribution in [3.63, 3.8) is 0 Å². The molecule has 2 N–H and O–H groups in total. The molecular weight excluding hydrogens is 268 g/mol. The third-order valence-electron chi connectivity index (χ3n) is 2.95. The maximum atomic E-state index is 5.42. The highest BCUT2D eigenvalue weighted by molar-refractivity contribution is 7.98. The molecule has 0 radical (unpaired) electrons. The van der Waals surface area contributed by atoms with Gasteiger partial charge < -0.3 is 10.3 Å². The van der Waals surface area contributed by atoms with Crippen molar-refractivity contribution in [2.45, 2.75) is 4.90 Å². The van der Waals surface area contributed by atoms with E-state index in [2.05, 4.69) is 26.2 Å². The molecular formula is C15H12N4S. The zero-order chi connectivity index (χ0) is 13.9. The summed E-state index contributed by atoms with van der Waals surface area (Å²) in [5, 5.41) is 4.29. The first kappa shape index (κ1) is 12.6. The molecule has 2 aromatic heterocycles. The number of aromatic nitrogens is 3. The van der Waals surface area contributed by atoms with E-state index in [0.717, 1.165) is 33.0 Å². The molecule has 3 rings (SSSR count). The molecule has 20 heavy (non-hydrogen) atoms. The summed E-state index contributed by atoms with van der Waals surface area (Å²) in [5.41, 5.74) is 2.56. The van der Waals surface area contributed by atoms with Crippen molar-refractivity contribution in [2.24, 2.45) is 0 Å². The van der Waals surface area contributed by atoms with E-state index in [1.165, 1.54) is 6.33 Å². The number of nitrogens with zero attached hydrogens (tertiary/aromatic N) is 2. The Morgan fingerprint density at radius 2 is 2.25 bits per heavy atom. The molecule has 0 saturated heterocycles. The number of nitrogens with one attached hydrogen (secondary N) is 2. The van der Waals surface area contributed by atoms with Crippen molar-refractivity contribution in [1.82, 2.24) is 15.0 Å². The first-order chi connectivity index (χ1) is 9.81. The van der Waals surface area contributed by atoms with Crippen LogP contribution in [-0.2, 0) is 0 Å². The minimum Gasteiger partial charge on any atom is -0.345 e. The topological polar surface area (TPSA) is 53.6 Å². The van der Waals surface area contributed by atoms with Crippen LogP contribution in [0.1, 0.15) is 5.56 Å². The normalized spacial score (nSPS) is 10.4. The largest absolute Gasteiger partial charge is 0.345 e. The highest BCUT2D eigenvalue weighted by atomic mass is 32.2. The van der Waals surface area contributed by atoms with Gasteiger partial charge in [0.05, 0.1) is 5.39 Å². The van der Waals surface area contributed by atoms with Crippen LogP contribution in [0, 0.1) is 12.3 Å². The predicted molar refractivity (Wildman–Crippen MR) is 83.3 cm³/mol. The SMILES string of the molecule is C#Cc1cccc(Nc2ncnc3[nH]cc(SC)c23)c1. The second-order valence-electron chi connectivity index (χ2n) is 4.15. The van der Waals surface area contributed by atoms with E-state index in [-0.39, 0.29) is 0 Å². The molecule has 0 aliphatic heterocycles. The van der Waals surface area contributed by atoms with Crippen LogP contribution >= 0.6 is 11.8 Å². The summed E-state index contributed by atoms with van der Waals surface area (Å²) in [6.07, 6.45) is 10.9. The molecule has 98 valence electrons. The van der Waals surface area contributed by atoms with E-state index in [0.29, 0.717) is 0 Å². The molecule has 0 aliphatic rings. The summed E-state index contributed by atoms with van der Waals surface area (Å²) in [6, 6.07) is 7.69. The van der Waals surface area contributed by atoms with E-state index in [4.69, 9.17) is 6.42 Å². The van der Waals surface area contributed by atoms with Crippen LogP contribution in [0.15, 0.2) is 41.7 Å². The molecule has 0 bridgehead atoms. The molecule has 4 nitrogen and oxygen atoms in total. The number of anilines is 2. The number of thioether (sulfide) groups is 1. The average molecular weight is 280 g/mol. The number of fused-ring (bicyclic) bond motifs is 1. The third kappa shape index (κ3) is 2.22. The fourth-order valence-corrected chi connectivity index (χ4v) is 2.59. The lowest BCUT2D eigenvalue weighted by molar-refractivity contribution is 1.20. The molecule has 0 atom stereocenters. The Morgan fingerprint density at radius 3 is 3.05 bits per heavy atom. The van der Waals surface area contributed by atoms with Crippen LogP contribution in [-0.4, -0.2) is 21.2 Å². The number of aromatic amines is 1. The fraction of sp³-hybridized carbons (Fsp3) is 0.0667. The van der Waals surface area contributed by atoms with Gasteiger partial charge >= 0.3 is 0 Å². The Kier molecular flexibility index (Phi) is 3.32. The molecule has 5 heteroatoms. The molecule has 2 heterocycles. The summed E-state index contributed by atoms with van der Waals surface area (Å²) < 4.78 is 0. The van der Waals surface area contributed by atoms with Crippen LogP contribution in [0.3, 0.4) is 0 Å². The van der Waals surface area contributed by atoms with Crippen molar-refractivity contribution in [3.8, 4) is 12.3 Å². The highest BCUT2D eigenvalue weighted by Gasteiger charge is 2.10. The Bertz CT molecular complexity index is 801. The second-order valence-corrected chi connectivity index (χ2v) is 5.00. The van der Waals surface area contributed by atoms with Crippen LogP contribution in [0.5, 0.6) is 0 Å². The van der Waals surface area contributed by atoms with Gasteiger partial charge in [-0.2, -0.15) is 0 Å².